The molecule has 0 N–H and O–H groups in total. The molecule has 30 heavy (non-hydrogen) atoms. The number of unbranched alkanes of at least 4 members (excludes halogenated alkanes) is 1. The lowest BCUT2D eigenvalue weighted by molar-refractivity contribution is 0.0845. The smallest absolute Gasteiger partial charge is 0.0162 e. The summed E-state index contributed by atoms with van der Waals surface area (Å²) in [5, 5.41) is 0. The van der Waals surface area contributed by atoms with E-state index >= 15 is 0 Å². The fraction of sp³-hybridized carbons (Fsp3) is 0.800. The molecule has 1 atom stereocenters. The maximum absolute atomic E-state index is 2.56. The van der Waals surface area contributed by atoms with Gasteiger partial charge in [-0.25, -0.2) is 0 Å². The van der Waals surface area contributed by atoms with E-state index in [1.165, 1.54) is 109 Å². The minimum absolute atomic E-state index is 0.675. The summed E-state index contributed by atoms with van der Waals surface area (Å²) in [7, 11) is 0. The molecule has 0 aliphatic heterocycles. The summed E-state index contributed by atoms with van der Waals surface area (Å²) in [6.07, 6.45) is 24.4. The molecule has 3 rings (SSSR count). The van der Waals surface area contributed by atoms with Crippen molar-refractivity contribution in [2.24, 2.45) is 17.3 Å². The lowest BCUT2D eigenvalue weighted by Gasteiger charge is -2.43. The monoisotopic (exact) mass is 410 g/mol. The molecule has 1 unspecified atom stereocenters. The molecular formula is C30H50. The van der Waals surface area contributed by atoms with Crippen molar-refractivity contribution in [1.29, 1.82) is 0 Å². The summed E-state index contributed by atoms with van der Waals surface area (Å²) >= 11 is 0. The van der Waals surface area contributed by atoms with Crippen molar-refractivity contribution in [2.45, 2.75) is 136 Å². The van der Waals surface area contributed by atoms with Gasteiger partial charge in [0.2, 0.25) is 0 Å². The second-order valence-corrected chi connectivity index (χ2v) is 11.1. The lowest BCUT2D eigenvalue weighted by Crippen LogP contribution is -2.31. The Kier molecular flexibility index (Phi) is 9.79. The molecule has 0 saturated heterocycles. The van der Waals surface area contributed by atoms with E-state index in [-0.39, 0.29) is 0 Å². The first-order chi connectivity index (χ1) is 14.7. The number of aryl methyl sites for hydroxylation is 1. The second-order valence-electron chi connectivity index (χ2n) is 11.1. The van der Waals surface area contributed by atoms with Gasteiger partial charge in [0.05, 0.1) is 0 Å². The molecule has 2 aliphatic carbocycles. The third-order valence-corrected chi connectivity index (χ3v) is 9.00. The van der Waals surface area contributed by atoms with Crippen LogP contribution >= 0.6 is 0 Å². The van der Waals surface area contributed by atoms with Crippen LogP contribution in [-0.4, -0.2) is 0 Å². The fourth-order valence-corrected chi connectivity index (χ4v) is 6.94. The fourth-order valence-electron chi connectivity index (χ4n) is 6.94. The van der Waals surface area contributed by atoms with Gasteiger partial charge in [-0.3, -0.25) is 0 Å². The molecule has 170 valence electrons. The third-order valence-electron chi connectivity index (χ3n) is 9.00. The summed E-state index contributed by atoms with van der Waals surface area (Å²) in [6.45, 7) is 7.27. The molecule has 1 aromatic carbocycles. The quantitative estimate of drug-likeness (QED) is 0.318. The lowest BCUT2D eigenvalue weighted by atomic mass is 9.63. The molecule has 0 bridgehead atoms. The molecule has 0 heteroatoms. The Bertz CT molecular complexity index is 569. The second kappa shape index (κ2) is 12.3. The van der Waals surface area contributed by atoms with E-state index in [9.17, 15) is 0 Å². The molecule has 0 aromatic heterocycles. The van der Waals surface area contributed by atoms with E-state index in [2.05, 4.69) is 45.0 Å². The highest BCUT2D eigenvalue weighted by Crippen LogP contribution is 2.48. The third kappa shape index (κ3) is 6.61. The van der Waals surface area contributed by atoms with Crippen LogP contribution in [0.2, 0.25) is 0 Å². The van der Waals surface area contributed by atoms with E-state index in [0.29, 0.717) is 5.41 Å². The first kappa shape index (κ1) is 23.9. The van der Waals surface area contributed by atoms with Crippen LogP contribution in [0.4, 0.5) is 0 Å². The zero-order chi connectivity index (χ0) is 21.2. The Labute approximate surface area is 188 Å². The minimum atomic E-state index is 0.675. The maximum Gasteiger partial charge on any atom is -0.0162 e. The molecule has 0 amide bonds. The predicted molar refractivity (Wildman–Crippen MR) is 133 cm³/mol. The van der Waals surface area contributed by atoms with Crippen LogP contribution < -0.4 is 0 Å². The zero-order valence-corrected chi connectivity index (χ0v) is 20.6. The molecule has 0 radical (unpaired) electrons. The van der Waals surface area contributed by atoms with Gasteiger partial charge in [-0.2, -0.15) is 0 Å². The average Bonchev–Trinajstić information content (AvgIpc) is 2.79. The van der Waals surface area contributed by atoms with Gasteiger partial charge in [-0.15, -0.1) is 0 Å². The number of benzene rings is 1. The van der Waals surface area contributed by atoms with E-state index in [1.807, 2.05) is 0 Å². The van der Waals surface area contributed by atoms with Gasteiger partial charge >= 0.3 is 0 Å². The topological polar surface area (TPSA) is 0 Å². The Hall–Kier alpha value is -0.780. The van der Waals surface area contributed by atoms with Gasteiger partial charge in [0.25, 0.3) is 0 Å². The summed E-state index contributed by atoms with van der Waals surface area (Å²) < 4.78 is 0. The molecule has 0 nitrogen and oxygen atoms in total. The minimum Gasteiger partial charge on any atom is -0.0654 e. The van der Waals surface area contributed by atoms with Crippen LogP contribution in [-0.2, 0) is 6.42 Å². The highest BCUT2D eigenvalue weighted by molar-refractivity contribution is 5.26. The molecule has 2 saturated carbocycles. The van der Waals surface area contributed by atoms with Crippen molar-refractivity contribution >= 4 is 0 Å². The maximum atomic E-state index is 2.56. The SMILES string of the molecule is CCCC(C)C1(CCCCc2ccc([C@H]3CC[C@H](CCC)CC3)cc2)CCCCC1. The van der Waals surface area contributed by atoms with Gasteiger partial charge < -0.3 is 0 Å². The Morgan fingerprint density at radius 1 is 0.867 bits per heavy atom. The number of hydrogen-bond donors (Lipinski definition) is 0. The first-order valence-corrected chi connectivity index (χ1v) is 13.8. The highest BCUT2D eigenvalue weighted by Gasteiger charge is 2.36. The Morgan fingerprint density at radius 2 is 1.57 bits per heavy atom. The molecule has 2 aliphatic rings. The van der Waals surface area contributed by atoms with Crippen LogP contribution in [0, 0.1) is 17.3 Å². The van der Waals surface area contributed by atoms with Gasteiger partial charge in [-0.1, -0.05) is 96.4 Å². The number of hydrogen-bond acceptors (Lipinski definition) is 0. The first-order valence-electron chi connectivity index (χ1n) is 13.8. The van der Waals surface area contributed by atoms with Gasteiger partial charge in [-0.05, 0) is 92.1 Å². The van der Waals surface area contributed by atoms with E-state index in [1.54, 1.807) is 11.1 Å². The summed E-state index contributed by atoms with van der Waals surface area (Å²) in [4.78, 5) is 0. The van der Waals surface area contributed by atoms with Crippen molar-refractivity contribution < 1.29 is 0 Å². The van der Waals surface area contributed by atoms with Crippen molar-refractivity contribution in [3.8, 4) is 0 Å². The van der Waals surface area contributed by atoms with E-state index in [4.69, 9.17) is 0 Å². The van der Waals surface area contributed by atoms with Crippen LogP contribution in [0.1, 0.15) is 141 Å². The van der Waals surface area contributed by atoms with Gasteiger partial charge in [0.15, 0.2) is 0 Å². The summed E-state index contributed by atoms with van der Waals surface area (Å²) in [5.41, 5.74) is 3.86. The van der Waals surface area contributed by atoms with Crippen LogP contribution in [0.25, 0.3) is 0 Å². The number of rotatable bonds is 11. The van der Waals surface area contributed by atoms with Crippen LogP contribution in [0.5, 0.6) is 0 Å². The summed E-state index contributed by atoms with van der Waals surface area (Å²) in [6, 6.07) is 9.82. The van der Waals surface area contributed by atoms with Crippen molar-refractivity contribution in [3.05, 3.63) is 35.4 Å². The average molecular weight is 411 g/mol. The summed E-state index contributed by atoms with van der Waals surface area (Å²) in [5.74, 6) is 2.77. The molecule has 1 aromatic rings. The van der Waals surface area contributed by atoms with Crippen molar-refractivity contribution in [1.82, 2.24) is 0 Å². The van der Waals surface area contributed by atoms with E-state index < -0.39 is 0 Å². The highest BCUT2D eigenvalue weighted by atomic mass is 14.4. The van der Waals surface area contributed by atoms with Crippen LogP contribution in [0.3, 0.4) is 0 Å². The molecule has 2 fully saturated rings. The Balaban J connectivity index is 1.42. The predicted octanol–water partition coefficient (Wildman–Crippen LogP) is 9.86. The molecule has 0 spiro atoms. The van der Waals surface area contributed by atoms with E-state index in [0.717, 1.165) is 17.8 Å². The van der Waals surface area contributed by atoms with Crippen molar-refractivity contribution in [2.75, 3.05) is 0 Å². The standard InChI is InChI=1S/C30H50/c1-4-11-25(3)30(22-8-6-9-23-30)24-10-7-13-27-16-20-29(21-17-27)28-18-14-26(12-5-2)15-19-28/h16-17,20-21,25-26,28H,4-15,18-19,22-24H2,1-3H3/t25?,26-,28-. The normalized spacial score (nSPS) is 25.2. The molecular weight excluding hydrogens is 360 g/mol. The zero-order valence-electron chi connectivity index (χ0n) is 20.6. The van der Waals surface area contributed by atoms with Crippen molar-refractivity contribution in [3.63, 3.8) is 0 Å². The van der Waals surface area contributed by atoms with Gasteiger partial charge in [0.1, 0.15) is 0 Å². The van der Waals surface area contributed by atoms with Crippen LogP contribution in [0.15, 0.2) is 24.3 Å². The molecule has 0 heterocycles. The van der Waals surface area contributed by atoms with Gasteiger partial charge in [0, 0.05) is 0 Å². The Morgan fingerprint density at radius 3 is 2.20 bits per heavy atom. The largest absolute Gasteiger partial charge is 0.0654 e.